The van der Waals surface area contributed by atoms with Crippen molar-refractivity contribution in [3.05, 3.63) is 103 Å². The van der Waals surface area contributed by atoms with Gasteiger partial charge in [0.05, 0.1) is 29.0 Å². The van der Waals surface area contributed by atoms with Crippen LogP contribution in [0.4, 0.5) is 17.2 Å². The van der Waals surface area contributed by atoms with Crippen LogP contribution in [-0.2, 0) is 19.6 Å². The molecule has 1 heterocycles. The number of rotatable bonds is 10. The number of nitrogens with one attached hydrogen (secondary N) is 4. The van der Waals surface area contributed by atoms with E-state index in [1.54, 1.807) is 54.6 Å². The second-order valence-electron chi connectivity index (χ2n) is 8.39. The standard InChI is InChI=1S/C28H25N5O6S/c1-19(34)31-26-16-13-21(17-29-26)32-27(35)18-30-28(36)20-11-14-23(15-12-20)40(37,38)33-24-9-5-6-10-25(24)39-22-7-3-2-4-8-22/h2-17,33H,18H2,1H3,(H,30,36)(H,32,35)(H,29,31,34). The molecule has 0 fully saturated rings. The Kier molecular flexibility index (Phi) is 8.72. The number of nitrogens with zero attached hydrogens (tertiary/aromatic N) is 1. The fourth-order valence-corrected chi connectivity index (χ4v) is 4.50. The Morgan fingerprint density at radius 2 is 1.52 bits per heavy atom. The molecule has 0 saturated carbocycles. The molecule has 204 valence electrons. The Hall–Kier alpha value is -5.23. The molecule has 3 amide bonds. The molecule has 1 aromatic heterocycles. The summed E-state index contributed by atoms with van der Waals surface area (Å²) in [6, 6.07) is 23.9. The first-order valence-corrected chi connectivity index (χ1v) is 13.4. The van der Waals surface area contributed by atoms with Crippen molar-refractivity contribution in [3.63, 3.8) is 0 Å². The van der Waals surface area contributed by atoms with E-state index in [2.05, 4.69) is 25.7 Å². The van der Waals surface area contributed by atoms with Crippen molar-refractivity contribution in [3.8, 4) is 11.5 Å². The van der Waals surface area contributed by atoms with Gasteiger partial charge in [0, 0.05) is 12.5 Å². The van der Waals surface area contributed by atoms with Crippen LogP contribution in [-0.4, -0.2) is 37.7 Å². The van der Waals surface area contributed by atoms with Crippen LogP contribution in [0.2, 0.25) is 0 Å². The highest BCUT2D eigenvalue weighted by Crippen LogP contribution is 2.30. The fourth-order valence-electron chi connectivity index (χ4n) is 3.43. The van der Waals surface area contributed by atoms with Gasteiger partial charge < -0.3 is 20.7 Å². The van der Waals surface area contributed by atoms with Crippen LogP contribution in [0.5, 0.6) is 11.5 Å². The average molecular weight is 560 g/mol. The molecule has 0 spiro atoms. The molecule has 4 aromatic rings. The monoisotopic (exact) mass is 559 g/mol. The van der Waals surface area contributed by atoms with Crippen molar-refractivity contribution in [2.45, 2.75) is 11.8 Å². The van der Waals surface area contributed by atoms with Gasteiger partial charge in [0.15, 0.2) is 5.75 Å². The summed E-state index contributed by atoms with van der Waals surface area (Å²) < 4.78 is 34.3. The second kappa shape index (κ2) is 12.5. The molecule has 0 aliphatic heterocycles. The first-order valence-electron chi connectivity index (χ1n) is 12.0. The third-order valence-electron chi connectivity index (χ3n) is 5.29. The molecule has 0 unspecified atom stereocenters. The van der Waals surface area contributed by atoms with Crippen LogP contribution < -0.4 is 25.4 Å². The molecule has 0 bridgehead atoms. The quantitative estimate of drug-likeness (QED) is 0.229. The summed E-state index contributed by atoms with van der Waals surface area (Å²) in [5, 5.41) is 7.56. The lowest BCUT2D eigenvalue weighted by molar-refractivity contribution is -0.115. The zero-order valence-electron chi connectivity index (χ0n) is 21.2. The number of ether oxygens (including phenoxy) is 1. The molecule has 11 nitrogen and oxygen atoms in total. The highest BCUT2D eigenvalue weighted by Gasteiger charge is 2.18. The van der Waals surface area contributed by atoms with E-state index in [9.17, 15) is 22.8 Å². The normalized spacial score (nSPS) is 10.7. The summed E-state index contributed by atoms with van der Waals surface area (Å²) in [5.41, 5.74) is 0.797. The highest BCUT2D eigenvalue weighted by molar-refractivity contribution is 7.92. The maximum absolute atomic E-state index is 13.0. The first-order chi connectivity index (χ1) is 19.2. The Labute approximate surface area is 230 Å². The van der Waals surface area contributed by atoms with Crippen LogP contribution in [0.25, 0.3) is 0 Å². The number of hydrogen-bond acceptors (Lipinski definition) is 7. The van der Waals surface area contributed by atoms with Crippen LogP contribution >= 0.6 is 0 Å². The van der Waals surface area contributed by atoms with Crippen molar-refractivity contribution in [2.24, 2.45) is 0 Å². The minimum atomic E-state index is -4.00. The highest BCUT2D eigenvalue weighted by atomic mass is 32.2. The molecular formula is C28H25N5O6S. The van der Waals surface area contributed by atoms with E-state index < -0.39 is 21.8 Å². The molecule has 0 atom stereocenters. The van der Waals surface area contributed by atoms with E-state index in [0.29, 0.717) is 23.0 Å². The zero-order chi connectivity index (χ0) is 28.5. The van der Waals surface area contributed by atoms with Crippen molar-refractivity contribution in [1.29, 1.82) is 0 Å². The molecule has 4 rings (SSSR count). The maximum Gasteiger partial charge on any atom is 0.262 e. The minimum absolute atomic E-state index is 0.0634. The average Bonchev–Trinajstić information content (AvgIpc) is 2.94. The number of carbonyl (C=O) groups excluding carboxylic acids is 3. The van der Waals surface area contributed by atoms with Gasteiger partial charge in [-0.05, 0) is 60.7 Å². The molecule has 0 saturated heterocycles. The number of anilines is 3. The van der Waals surface area contributed by atoms with E-state index >= 15 is 0 Å². The summed E-state index contributed by atoms with van der Waals surface area (Å²) in [7, 11) is -4.00. The van der Waals surface area contributed by atoms with Gasteiger partial charge >= 0.3 is 0 Å². The van der Waals surface area contributed by atoms with Crippen LogP contribution in [0, 0.1) is 0 Å². The van der Waals surface area contributed by atoms with Crippen LogP contribution in [0.3, 0.4) is 0 Å². The van der Waals surface area contributed by atoms with Crippen molar-refractivity contribution >= 4 is 44.9 Å². The van der Waals surface area contributed by atoms with Crippen molar-refractivity contribution in [1.82, 2.24) is 10.3 Å². The number of hydrogen-bond donors (Lipinski definition) is 4. The summed E-state index contributed by atoms with van der Waals surface area (Å²) >= 11 is 0. The number of sulfonamides is 1. The predicted molar refractivity (Wildman–Crippen MR) is 150 cm³/mol. The molecule has 0 aliphatic rings. The first kappa shape index (κ1) is 27.8. The SMILES string of the molecule is CC(=O)Nc1ccc(NC(=O)CNC(=O)c2ccc(S(=O)(=O)Nc3ccccc3Oc3ccccc3)cc2)cn1. The van der Waals surface area contributed by atoms with E-state index in [1.807, 2.05) is 6.07 Å². The topological polar surface area (TPSA) is 156 Å². The summed E-state index contributed by atoms with van der Waals surface area (Å²) in [4.78, 5) is 39.7. The third-order valence-corrected chi connectivity index (χ3v) is 6.67. The van der Waals surface area contributed by atoms with Crippen LogP contribution in [0.1, 0.15) is 17.3 Å². The fraction of sp³-hybridized carbons (Fsp3) is 0.0714. The predicted octanol–water partition coefficient (Wildman–Crippen LogP) is 4.00. The maximum atomic E-state index is 13.0. The van der Waals surface area contributed by atoms with Gasteiger partial charge in [0.2, 0.25) is 11.8 Å². The van der Waals surface area contributed by atoms with Crippen molar-refractivity contribution in [2.75, 3.05) is 21.9 Å². The lowest BCUT2D eigenvalue weighted by Gasteiger charge is -2.13. The molecule has 0 aliphatic carbocycles. The Balaban J connectivity index is 1.34. The molecule has 4 N–H and O–H groups in total. The largest absolute Gasteiger partial charge is 0.455 e. The van der Waals surface area contributed by atoms with Gasteiger partial charge in [-0.2, -0.15) is 0 Å². The number of para-hydroxylation sites is 3. The number of amides is 3. The van der Waals surface area contributed by atoms with Gasteiger partial charge in [-0.15, -0.1) is 0 Å². The van der Waals surface area contributed by atoms with Gasteiger partial charge in [-0.1, -0.05) is 30.3 Å². The van der Waals surface area contributed by atoms with Gasteiger partial charge in [-0.25, -0.2) is 13.4 Å². The third kappa shape index (κ3) is 7.65. The zero-order valence-corrected chi connectivity index (χ0v) is 22.1. The molecular weight excluding hydrogens is 534 g/mol. The van der Waals surface area contributed by atoms with Gasteiger partial charge in [-0.3, -0.25) is 19.1 Å². The number of pyridine rings is 1. The van der Waals surface area contributed by atoms with E-state index in [-0.39, 0.29) is 28.6 Å². The molecule has 40 heavy (non-hydrogen) atoms. The summed E-state index contributed by atoms with van der Waals surface area (Å²) in [6.45, 7) is 1.03. The molecule has 0 radical (unpaired) electrons. The van der Waals surface area contributed by atoms with Gasteiger partial charge in [0.1, 0.15) is 11.6 Å². The summed E-state index contributed by atoms with van der Waals surface area (Å²) in [6.07, 6.45) is 1.37. The summed E-state index contributed by atoms with van der Waals surface area (Å²) in [5.74, 6) is -0.118. The minimum Gasteiger partial charge on any atom is -0.455 e. The van der Waals surface area contributed by atoms with E-state index in [4.69, 9.17) is 4.74 Å². The Morgan fingerprint density at radius 1 is 0.825 bits per heavy atom. The Morgan fingerprint density at radius 3 is 2.20 bits per heavy atom. The van der Waals surface area contributed by atoms with Crippen LogP contribution in [0.15, 0.2) is 102 Å². The lowest BCUT2D eigenvalue weighted by atomic mass is 10.2. The van der Waals surface area contributed by atoms with E-state index in [1.165, 1.54) is 43.5 Å². The number of aromatic nitrogens is 1. The van der Waals surface area contributed by atoms with Gasteiger partial charge in [0.25, 0.3) is 15.9 Å². The smallest absolute Gasteiger partial charge is 0.262 e. The Bertz CT molecular complexity index is 1610. The molecule has 12 heteroatoms. The van der Waals surface area contributed by atoms with E-state index in [0.717, 1.165) is 0 Å². The molecule has 3 aromatic carbocycles. The van der Waals surface area contributed by atoms with Crippen molar-refractivity contribution < 1.29 is 27.5 Å². The number of benzene rings is 3. The second-order valence-corrected chi connectivity index (χ2v) is 10.1. The lowest BCUT2D eigenvalue weighted by Crippen LogP contribution is -2.32. The number of carbonyl (C=O) groups is 3.